The van der Waals surface area contributed by atoms with Crippen LogP contribution in [0.4, 0.5) is 0 Å². The van der Waals surface area contributed by atoms with Crippen molar-refractivity contribution in [3.63, 3.8) is 0 Å². The second-order valence-corrected chi connectivity index (χ2v) is 7.07. The van der Waals surface area contributed by atoms with E-state index < -0.39 is 0 Å². The van der Waals surface area contributed by atoms with E-state index in [1.165, 1.54) is 5.56 Å². The molecule has 1 N–H and O–H groups in total. The maximum absolute atomic E-state index is 6.10. The van der Waals surface area contributed by atoms with E-state index in [-0.39, 0.29) is 12.4 Å². The molecule has 0 aromatic heterocycles. The normalized spacial score (nSPS) is 10.2. The Kier molecular flexibility index (Phi) is 9.81. The Morgan fingerprint density at radius 3 is 2.20 bits per heavy atom. The molecule has 0 aliphatic heterocycles. The molecule has 0 fully saturated rings. The predicted octanol–water partition coefficient (Wildman–Crippen LogP) is 5.69. The summed E-state index contributed by atoms with van der Waals surface area (Å²) in [6.45, 7) is 2.01. The molecule has 6 heteroatoms. The maximum atomic E-state index is 6.10. The fraction of sp³-hybridized carbons (Fsp3) is 0.250. The van der Waals surface area contributed by atoms with Crippen LogP contribution in [0.2, 0.25) is 5.02 Å². The van der Waals surface area contributed by atoms with Crippen molar-refractivity contribution >= 4 is 24.0 Å². The second-order valence-electron chi connectivity index (χ2n) is 6.64. The minimum atomic E-state index is 0. The summed E-state index contributed by atoms with van der Waals surface area (Å²) in [7, 11) is 3.34. The van der Waals surface area contributed by atoms with Crippen molar-refractivity contribution in [2.24, 2.45) is 0 Å². The van der Waals surface area contributed by atoms with Gasteiger partial charge in [0.1, 0.15) is 12.4 Å². The molecule has 0 atom stereocenters. The molecule has 0 saturated carbocycles. The lowest BCUT2D eigenvalue weighted by atomic mass is 10.1. The number of hydrogen-bond donors (Lipinski definition) is 1. The van der Waals surface area contributed by atoms with Gasteiger partial charge in [0.15, 0.2) is 11.5 Å². The molecule has 0 amide bonds. The summed E-state index contributed by atoms with van der Waals surface area (Å²) in [5.74, 6) is 2.37. The molecular weight excluding hydrogens is 421 g/mol. The van der Waals surface area contributed by atoms with Crippen LogP contribution >= 0.6 is 24.0 Å². The average Bonchev–Trinajstić information content (AvgIpc) is 2.77. The van der Waals surface area contributed by atoms with E-state index in [0.717, 1.165) is 41.3 Å². The Morgan fingerprint density at radius 1 is 0.833 bits per heavy atom. The lowest BCUT2D eigenvalue weighted by molar-refractivity contribution is 0.280. The number of benzene rings is 3. The Labute approximate surface area is 189 Å². The Balaban J connectivity index is 0.00000320. The first-order chi connectivity index (χ1) is 14.2. The van der Waals surface area contributed by atoms with Crippen LogP contribution in [0.15, 0.2) is 66.7 Å². The van der Waals surface area contributed by atoms with Gasteiger partial charge in [-0.3, -0.25) is 0 Å². The number of para-hydroxylation sites is 1. The summed E-state index contributed by atoms with van der Waals surface area (Å²) < 4.78 is 16.8. The monoisotopic (exact) mass is 447 g/mol. The van der Waals surface area contributed by atoms with E-state index in [1.54, 1.807) is 14.2 Å². The van der Waals surface area contributed by atoms with Crippen molar-refractivity contribution in [3.8, 4) is 17.2 Å². The van der Waals surface area contributed by atoms with Gasteiger partial charge in [-0.15, -0.1) is 12.4 Å². The van der Waals surface area contributed by atoms with Gasteiger partial charge in [-0.25, -0.2) is 0 Å². The Hall–Kier alpha value is -2.40. The number of methoxy groups -OCH3 is 2. The zero-order chi connectivity index (χ0) is 20.5. The fourth-order valence-corrected chi connectivity index (χ4v) is 3.14. The average molecular weight is 448 g/mol. The van der Waals surface area contributed by atoms with Crippen molar-refractivity contribution in [2.45, 2.75) is 19.6 Å². The molecule has 3 aromatic rings. The van der Waals surface area contributed by atoms with Crippen molar-refractivity contribution in [1.29, 1.82) is 0 Å². The van der Waals surface area contributed by atoms with Gasteiger partial charge in [0.2, 0.25) is 0 Å². The van der Waals surface area contributed by atoms with Gasteiger partial charge < -0.3 is 19.5 Å². The predicted molar refractivity (Wildman–Crippen MR) is 124 cm³/mol. The first kappa shape index (κ1) is 23.9. The van der Waals surface area contributed by atoms with Gasteiger partial charge in [-0.1, -0.05) is 48.0 Å². The molecule has 30 heavy (non-hydrogen) atoms. The number of hydrogen-bond acceptors (Lipinski definition) is 4. The summed E-state index contributed by atoms with van der Waals surface area (Å²) in [6.07, 6.45) is 0.939. The van der Waals surface area contributed by atoms with E-state index in [9.17, 15) is 0 Å². The summed E-state index contributed by atoms with van der Waals surface area (Å²) in [6, 6.07) is 21.8. The van der Waals surface area contributed by atoms with Crippen LogP contribution in [0.3, 0.4) is 0 Å². The molecule has 160 valence electrons. The molecule has 0 unspecified atom stereocenters. The zero-order valence-electron chi connectivity index (χ0n) is 17.2. The third-order valence-corrected chi connectivity index (χ3v) is 4.89. The lowest BCUT2D eigenvalue weighted by Crippen LogP contribution is -2.17. The molecule has 0 aliphatic carbocycles. The zero-order valence-corrected chi connectivity index (χ0v) is 18.8. The molecule has 0 bridgehead atoms. The standard InChI is InChI=1S/C24H26ClNO3.ClH/c1-27-22-12-8-18(9-13-22)14-15-26-16-20-4-3-5-23(28-2)24(20)29-17-19-6-10-21(25)11-7-19;/h3-13,26H,14-17H2,1-2H3;1H. The van der Waals surface area contributed by atoms with Gasteiger partial charge in [-0.2, -0.15) is 0 Å². The van der Waals surface area contributed by atoms with Gasteiger partial charge in [-0.05, 0) is 54.4 Å². The van der Waals surface area contributed by atoms with Crippen molar-refractivity contribution in [3.05, 3.63) is 88.4 Å². The van der Waals surface area contributed by atoms with Gasteiger partial charge >= 0.3 is 0 Å². The fourth-order valence-electron chi connectivity index (χ4n) is 3.01. The summed E-state index contributed by atoms with van der Waals surface area (Å²) in [5, 5.41) is 4.21. The van der Waals surface area contributed by atoms with Crippen LogP contribution in [0.5, 0.6) is 17.2 Å². The Bertz CT molecular complexity index is 899. The van der Waals surface area contributed by atoms with Crippen LogP contribution in [-0.2, 0) is 19.6 Å². The van der Waals surface area contributed by atoms with Crippen LogP contribution < -0.4 is 19.5 Å². The highest BCUT2D eigenvalue weighted by Crippen LogP contribution is 2.32. The van der Waals surface area contributed by atoms with Crippen LogP contribution in [0.25, 0.3) is 0 Å². The van der Waals surface area contributed by atoms with Gasteiger partial charge in [0, 0.05) is 17.1 Å². The summed E-state index contributed by atoms with van der Waals surface area (Å²) in [5.41, 5.74) is 3.38. The molecule has 3 rings (SSSR count). The largest absolute Gasteiger partial charge is 0.497 e. The molecular formula is C24H27Cl2NO3. The first-order valence-electron chi connectivity index (χ1n) is 9.56. The number of rotatable bonds is 10. The maximum Gasteiger partial charge on any atom is 0.166 e. The highest BCUT2D eigenvalue weighted by Gasteiger charge is 2.11. The van der Waals surface area contributed by atoms with Crippen LogP contribution in [0, 0.1) is 0 Å². The molecule has 0 aliphatic rings. The quantitative estimate of drug-likeness (QED) is 0.405. The number of ether oxygens (including phenoxy) is 3. The molecule has 3 aromatic carbocycles. The highest BCUT2D eigenvalue weighted by atomic mass is 35.5. The molecule has 0 radical (unpaired) electrons. The van der Waals surface area contributed by atoms with E-state index in [4.69, 9.17) is 25.8 Å². The molecule has 4 nitrogen and oxygen atoms in total. The van der Waals surface area contributed by atoms with Crippen molar-refractivity contribution < 1.29 is 14.2 Å². The van der Waals surface area contributed by atoms with Gasteiger partial charge in [0.25, 0.3) is 0 Å². The number of nitrogens with one attached hydrogen (secondary N) is 1. The lowest BCUT2D eigenvalue weighted by Gasteiger charge is -2.16. The third-order valence-electron chi connectivity index (χ3n) is 4.64. The van der Waals surface area contributed by atoms with E-state index in [1.807, 2.05) is 48.5 Å². The minimum Gasteiger partial charge on any atom is -0.497 e. The van der Waals surface area contributed by atoms with Crippen LogP contribution in [-0.4, -0.2) is 20.8 Å². The second kappa shape index (κ2) is 12.3. The molecule has 0 spiro atoms. The SMILES string of the molecule is COc1ccc(CCNCc2cccc(OC)c2OCc2ccc(Cl)cc2)cc1.Cl. The minimum absolute atomic E-state index is 0. The number of halogens is 2. The van der Waals surface area contributed by atoms with Crippen molar-refractivity contribution in [2.75, 3.05) is 20.8 Å². The van der Waals surface area contributed by atoms with E-state index >= 15 is 0 Å². The molecule has 0 heterocycles. The van der Waals surface area contributed by atoms with E-state index in [0.29, 0.717) is 18.2 Å². The Morgan fingerprint density at radius 2 is 1.53 bits per heavy atom. The van der Waals surface area contributed by atoms with Gasteiger partial charge in [0.05, 0.1) is 14.2 Å². The third kappa shape index (κ3) is 6.84. The summed E-state index contributed by atoms with van der Waals surface area (Å²) in [4.78, 5) is 0. The first-order valence-corrected chi connectivity index (χ1v) is 9.94. The van der Waals surface area contributed by atoms with E-state index in [2.05, 4.69) is 23.5 Å². The molecule has 0 saturated heterocycles. The van der Waals surface area contributed by atoms with Crippen molar-refractivity contribution in [1.82, 2.24) is 5.32 Å². The van der Waals surface area contributed by atoms with Crippen LogP contribution in [0.1, 0.15) is 16.7 Å². The summed E-state index contributed by atoms with van der Waals surface area (Å²) >= 11 is 5.96. The smallest absolute Gasteiger partial charge is 0.166 e. The highest BCUT2D eigenvalue weighted by molar-refractivity contribution is 6.30. The topological polar surface area (TPSA) is 39.7 Å².